The van der Waals surface area contributed by atoms with Crippen LogP contribution in [0, 0.1) is 17.7 Å². The lowest BCUT2D eigenvalue weighted by atomic mass is 10.1. The van der Waals surface area contributed by atoms with E-state index in [0.717, 1.165) is 18.2 Å². The SMILES string of the molecule is CC1CC1CN(C)c1cccc(F)c1[C@H](C)O. The van der Waals surface area contributed by atoms with Gasteiger partial charge in [-0.25, -0.2) is 4.39 Å². The molecule has 0 radical (unpaired) electrons. The van der Waals surface area contributed by atoms with Gasteiger partial charge in [0.05, 0.1) is 6.10 Å². The molecule has 0 aromatic heterocycles. The van der Waals surface area contributed by atoms with Gasteiger partial charge in [-0.2, -0.15) is 0 Å². The van der Waals surface area contributed by atoms with Gasteiger partial charge >= 0.3 is 0 Å². The standard InChI is InChI=1S/C14H20FNO/c1-9-7-11(9)8-16(3)13-6-4-5-12(15)14(13)10(2)17/h4-6,9-11,17H,7-8H2,1-3H3/t9?,10-,11?/m0/s1. The summed E-state index contributed by atoms with van der Waals surface area (Å²) in [5.41, 5.74) is 1.21. The number of rotatable bonds is 4. The Hall–Kier alpha value is -1.09. The first-order valence-electron chi connectivity index (χ1n) is 6.18. The number of nitrogens with zero attached hydrogens (tertiary/aromatic N) is 1. The van der Waals surface area contributed by atoms with Crippen LogP contribution >= 0.6 is 0 Å². The van der Waals surface area contributed by atoms with Crippen molar-refractivity contribution in [2.45, 2.75) is 26.4 Å². The zero-order chi connectivity index (χ0) is 12.6. The van der Waals surface area contributed by atoms with Crippen LogP contribution in [0.2, 0.25) is 0 Å². The fourth-order valence-corrected chi connectivity index (χ4v) is 2.38. The van der Waals surface area contributed by atoms with E-state index in [1.807, 2.05) is 13.1 Å². The molecule has 17 heavy (non-hydrogen) atoms. The van der Waals surface area contributed by atoms with Crippen LogP contribution in [0.25, 0.3) is 0 Å². The van der Waals surface area contributed by atoms with Gasteiger partial charge in [0.15, 0.2) is 0 Å². The molecule has 94 valence electrons. The van der Waals surface area contributed by atoms with Crippen molar-refractivity contribution in [3.05, 3.63) is 29.6 Å². The first kappa shape index (κ1) is 12.4. The highest BCUT2D eigenvalue weighted by Crippen LogP contribution is 2.39. The van der Waals surface area contributed by atoms with Gasteiger partial charge in [-0.1, -0.05) is 13.0 Å². The minimum Gasteiger partial charge on any atom is -0.389 e. The molecule has 0 saturated heterocycles. The smallest absolute Gasteiger partial charge is 0.131 e. The third kappa shape index (κ3) is 2.60. The van der Waals surface area contributed by atoms with Crippen LogP contribution in [-0.4, -0.2) is 18.7 Å². The van der Waals surface area contributed by atoms with Gasteiger partial charge in [0, 0.05) is 24.8 Å². The zero-order valence-electron chi connectivity index (χ0n) is 10.7. The third-order valence-electron chi connectivity index (χ3n) is 3.64. The van der Waals surface area contributed by atoms with Gasteiger partial charge in [-0.3, -0.25) is 0 Å². The van der Waals surface area contributed by atoms with Crippen molar-refractivity contribution >= 4 is 5.69 Å². The Labute approximate surface area is 102 Å². The maximum atomic E-state index is 13.7. The van der Waals surface area contributed by atoms with Crippen LogP contribution in [-0.2, 0) is 0 Å². The van der Waals surface area contributed by atoms with Crippen molar-refractivity contribution < 1.29 is 9.50 Å². The predicted molar refractivity (Wildman–Crippen MR) is 67.6 cm³/mol. The number of halogens is 1. The van der Waals surface area contributed by atoms with E-state index in [9.17, 15) is 9.50 Å². The van der Waals surface area contributed by atoms with Crippen LogP contribution in [0.1, 0.15) is 31.9 Å². The second-order valence-corrected chi connectivity index (χ2v) is 5.20. The topological polar surface area (TPSA) is 23.5 Å². The molecule has 1 fully saturated rings. The molecule has 3 atom stereocenters. The van der Waals surface area contributed by atoms with E-state index in [-0.39, 0.29) is 5.82 Å². The summed E-state index contributed by atoms with van der Waals surface area (Å²) in [6.45, 7) is 4.78. The molecule has 2 rings (SSSR count). The van der Waals surface area contributed by atoms with Crippen LogP contribution in [0.5, 0.6) is 0 Å². The minimum atomic E-state index is -0.773. The van der Waals surface area contributed by atoms with Crippen LogP contribution in [0.15, 0.2) is 18.2 Å². The molecule has 2 nitrogen and oxygen atoms in total. The van der Waals surface area contributed by atoms with Crippen molar-refractivity contribution in [3.8, 4) is 0 Å². The van der Waals surface area contributed by atoms with Gasteiger partial charge in [0.25, 0.3) is 0 Å². The van der Waals surface area contributed by atoms with Crippen LogP contribution in [0.3, 0.4) is 0 Å². The fourth-order valence-electron chi connectivity index (χ4n) is 2.38. The van der Waals surface area contributed by atoms with Crippen molar-refractivity contribution in [2.75, 3.05) is 18.5 Å². The minimum absolute atomic E-state index is 0.326. The van der Waals surface area contributed by atoms with E-state index >= 15 is 0 Å². The summed E-state index contributed by atoms with van der Waals surface area (Å²) in [5, 5.41) is 9.67. The van der Waals surface area contributed by atoms with Crippen LogP contribution < -0.4 is 4.90 Å². The largest absolute Gasteiger partial charge is 0.389 e. The molecule has 1 N–H and O–H groups in total. The highest BCUT2D eigenvalue weighted by molar-refractivity contribution is 5.54. The molecule has 1 saturated carbocycles. The number of benzene rings is 1. The summed E-state index contributed by atoms with van der Waals surface area (Å²) in [7, 11) is 1.96. The van der Waals surface area contributed by atoms with Crippen molar-refractivity contribution in [3.63, 3.8) is 0 Å². The molecule has 0 amide bonds. The second-order valence-electron chi connectivity index (χ2n) is 5.20. The van der Waals surface area contributed by atoms with E-state index in [0.29, 0.717) is 11.5 Å². The molecule has 0 heterocycles. The monoisotopic (exact) mass is 237 g/mol. The zero-order valence-corrected chi connectivity index (χ0v) is 10.7. The Morgan fingerprint density at radius 2 is 2.18 bits per heavy atom. The molecule has 0 spiro atoms. The summed E-state index contributed by atoms with van der Waals surface area (Å²) in [5.74, 6) is 1.17. The van der Waals surface area contributed by atoms with Gasteiger partial charge in [-0.15, -0.1) is 0 Å². The molecule has 3 heteroatoms. The summed E-state index contributed by atoms with van der Waals surface area (Å²) >= 11 is 0. The Kier molecular flexibility index (Phi) is 3.38. The average molecular weight is 237 g/mol. The number of hydrogen-bond donors (Lipinski definition) is 1. The first-order chi connectivity index (χ1) is 8.00. The normalized spacial score (nSPS) is 24.5. The quantitative estimate of drug-likeness (QED) is 0.870. The van der Waals surface area contributed by atoms with E-state index in [2.05, 4.69) is 11.8 Å². The predicted octanol–water partition coefficient (Wildman–Crippen LogP) is 2.97. The van der Waals surface area contributed by atoms with E-state index in [1.165, 1.54) is 12.5 Å². The Bertz CT molecular complexity index is 405. The molecule has 0 bridgehead atoms. The lowest BCUT2D eigenvalue weighted by Gasteiger charge is -2.24. The molecular formula is C14H20FNO. The molecule has 1 aromatic carbocycles. The summed E-state index contributed by atoms with van der Waals surface area (Å²) in [6.07, 6.45) is 0.481. The Morgan fingerprint density at radius 3 is 2.71 bits per heavy atom. The first-order valence-corrected chi connectivity index (χ1v) is 6.18. The highest BCUT2D eigenvalue weighted by Gasteiger charge is 2.33. The van der Waals surface area contributed by atoms with E-state index in [4.69, 9.17) is 0 Å². The van der Waals surface area contributed by atoms with Crippen molar-refractivity contribution in [1.82, 2.24) is 0 Å². The van der Waals surface area contributed by atoms with Crippen molar-refractivity contribution in [2.24, 2.45) is 11.8 Å². The number of anilines is 1. The Morgan fingerprint density at radius 1 is 1.53 bits per heavy atom. The molecule has 1 aromatic rings. The maximum Gasteiger partial charge on any atom is 0.131 e. The number of hydrogen-bond acceptors (Lipinski definition) is 2. The average Bonchev–Trinajstić information content (AvgIpc) is 2.93. The maximum absolute atomic E-state index is 13.7. The Balaban J connectivity index is 2.21. The summed E-state index contributed by atoms with van der Waals surface area (Å²) in [6, 6.07) is 4.97. The molecular weight excluding hydrogens is 217 g/mol. The van der Waals surface area contributed by atoms with Gasteiger partial charge in [-0.05, 0) is 37.3 Å². The molecule has 2 unspecified atom stereocenters. The lowest BCUT2D eigenvalue weighted by molar-refractivity contribution is 0.194. The molecule has 1 aliphatic carbocycles. The van der Waals surface area contributed by atoms with Crippen molar-refractivity contribution in [1.29, 1.82) is 0 Å². The molecule has 1 aliphatic rings. The van der Waals surface area contributed by atoms with Crippen LogP contribution in [0.4, 0.5) is 10.1 Å². The van der Waals surface area contributed by atoms with Gasteiger partial charge in [0.2, 0.25) is 0 Å². The van der Waals surface area contributed by atoms with E-state index < -0.39 is 6.10 Å². The second kappa shape index (κ2) is 4.65. The number of aliphatic hydroxyl groups is 1. The van der Waals surface area contributed by atoms with Gasteiger partial charge < -0.3 is 10.0 Å². The lowest BCUT2D eigenvalue weighted by Crippen LogP contribution is -2.22. The fraction of sp³-hybridized carbons (Fsp3) is 0.571. The molecule has 0 aliphatic heterocycles. The summed E-state index contributed by atoms with van der Waals surface area (Å²) in [4.78, 5) is 2.05. The number of aliphatic hydroxyl groups excluding tert-OH is 1. The summed E-state index contributed by atoms with van der Waals surface area (Å²) < 4.78 is 13.7. The van der Waals surface area contributed by atoms with E-state index in [1.54, 1.807) is 13.0 Å². The van der Waals surface area contributed by atoms with Gasteiger partial charge in [0.1, 0.15) is 5.82 Å². The third-order valence-corrected chi connectivity index (χ3v) is 3.64. The highest BCUT2D eigenvalue weighted by atomic mass is 19.1.